The smallest absolute Gasteiger partial charge is 0.134 e. The van der Waals surface area contributed by atoms with E-state index in [0.717, 1.165) is 32.4 Å². The molecule has 2 fully saturated rings. The van der Waals surface area contributed by atoms with Crippen molar-refractivity contribution in [2.45, 2.75) is 51.2 Å². The number of piperazine rings is 1. The molecule has 2 rings (SSSR count). The van der Waals surface area contributed by atoms with E-state index in [1.807, 2.05) is 0 Å². The minimum Gasteiger partial charge on any atom is -0.300 e. The van der Waals surface area contributed by atoms with E-state index in [1.165, 1.54) is 0 Å². The number of carbonyl (C=O) groups is 1. The molecule has 3 unspecified atom stereocenters. The molecule has 1 aliphatic heterocycles. The van der Waals surface area contributed by atoms with Gasteiger partial charge in [0.05, 0.1) is 0 Å². The molecular formula is C12H22N2O. The Morgan fingerprint density at radius 2 is 1.80 bits per heavy atom. The van der Waals surface area contributed by atoms with Crippen LogP contribution >= 0.6 is 0 Å². The highest BCUT2D eigenvalue weighted by Gasteiger charge is 2.34. The van der Waals surface area contributed by atoms with Crippen LogP contribution in [0.4, 0.5) is 0 Å². The first-order chi connectivity index (χ1) is 7.08. The van der Waals surface area contributed by atoms with Crippen LogP contribution in [-0.4, -0.2) is 53.8 Å². The van der Waals surface area contributed by atoms with E-state index in [1.54, 1.807) is 0 Å². The van der Waals surface area contributed by atoms with Crippen LogP contribution in [0.3, 0.4) is 0 Å². The fourth-order valence-corrected chi connectivity index (χ4v) is 2.85. The second kappa shape index (κ2) is 4.22. The van der Waals surface area contributed by atoms with Crippen LogP contribution in [0.1, 0.15) is 33.1 Å². The molecule has 0 bridgehead atoms. The normalized spacial score (nSPS) is 39.9. The molecule has 0 radical (unpaired) electrons. The molecule has 0 N–H and O–H groups in total. The number of hydrogen-bond donors (Lipinski definition) is 0. The third-order valence-corrected chi connectivity index (χ3v) is 4.12. The van der Waals surface area contributed by atoms with Gasteiger partial charge in [-0.05, 0) is 27.3 Å². The summed E-state index contributed by atoms with van der Waals surface area (Å²) in [7, 11) is 2.20. The van der Waals surface area contributed by atoms with Gasteiger partial charge in [-0.15, -0.1) is 0 Å². The molecule has 2 aliphatic rings. The van der Waals surface area contributed by atoms with Gasteiger partial charge >= 0.3 is 0 Å². The quantitative estimate of drug-likeness (QED) is 0.648. The maximum atomic E-state index is 11.3. The first kappa shape index (κ1) is 11.1. The largest absolute Gasteiger partial charge is 0.300 e. The third-order valence-electron chi connectivity index (χ3n) is 4.12. The van der Waals surface area contributed by atoms with Gasteiger partial charge in [0.1, 0.15) is 5.78 Å². The summed E-state index contributed by atoms with van der Waals surface area (Å²) in [6, 6.07) is 1.77. The lowest BCUT2D eigenvalue weighted by atomic mass is 10.1. The summed E-state index contributed by atoms with van der Waals surface area (Å²) in [6.07, 6.45) is 2.69. The van der Waals surface area contributed by atoms with Gasteiger partial charge in [-0.1, -0.05) is 0 Å². The van der Waals surface area contributed by atoms with Gasteiger partial charge in [0.25, 0.3) is 0 Å². The molecule has 0 spiro atoms. The molecule has 3 heteroatoms. The Labute approximate surface area is 92.4 Å². The van der Waals surface area contributed by atoms with Gasteiger partial charge in [-0.25, -0.2) is 0 Å². The number of rotatable bonds is 1. The number of Topliss-reactive ketones (excluding diaryl/α,β-unsaturated/α-hetero) is 1. The van der Waals surface area contributed by atoms with Crippen molar-refractivity contribution in [2.75, 3.05) is 20.1 Å². The van der Waals surface area contributed by atoms with E-state index in [0.29, 0.717) is 23.9 Å². The van der Waals surface area contributed by atoms with Crippen molar-refractivity contribution in [3.8, 4) is 0 Å². The maximum Gasteiger partial charge on any atom is 0.134 e. The second-order valence-electron chi connectivity index (χ2n) is 5.25. The number of ketones is 1. The van der Waals surface area contributed by atoms with Gasteiger partial charge < -0.3 is 0 Å². The lowest BCUT2D eigenvalue weighted by Crippen LogP contribution is -2.57. The van der Waals surface area contributed by atoms with E-state index in [9.17, 15) is 4.79 Å². The summed E-state index contributed by atoms with van der Waals surface area (Å²) in [4.78, 5) is 16.3. The summed E-state index contributed by atoms with van der Waals surface area (Å²) >= 11 is 0. The van der Waals surface area contributed by atoms with Crippen molar-refractivity contribution in [1.29, 1.82) is 0 Å². The average Bonchev–Trinajstić information content (AvgIpc) is 2.60. The number of hydrogen-bond acceptors (Lipinski definition) is 3. The van der Waals surface area contributed by atoms with Crippen molar-refractivity contribution < 1.29 is 4.79 Å². The fourth-order valence-electron chi connectivity index (χ4n) is 2.85. The Bertz CT molecular complexity index is 242. The van der Waals surface area contributed by atoms with Crippen molar-refractivity contribution in [3.05, 3.63) is 0 Å². The minimum absolute atomic E-state index is 0.458. The zero-order chi connectivity index (χ0) is 11.0. The Morgan fingerprint density at radius 1 is 1.20 bits per heavy atom. The predicted octanol–water partition coefficient (Wildman–Crippen LogP) is 1.13. The number of nitrogens with zero attached hydrogens (tertiary/aromatic N) is 2. The Balaban J connectivity index is 1.96. The number of carbonyl (C=O) groups excluding carboxylic acids is 1. The Morgan fingerprint density at radius 3 is 2.27 bits per heavy atom. The van der Waals surface area contributed by atoms with Crippen molar-refractivity contribution in [3.63, 3.8) is 0 Å². The lowest BCUT2D eigenvalue weighted by Gasteiger charge is -2.44. The third kappa shape index (κ3) is 2.23. The molecule has 0 amide bonds. The van der Waals surface area contributed by atoms with Crippen LogP contribution in [0.5, 0.6) is 0 Å². The van der Waals surface area contributed by atoms with E-state index in [-0.39, 0.29) is 0 Å². The Hall–Kier alpha value is -0.410. The van der Waals surface area contributed by atoms with Crippen LogP contribution in [0.2, 0.25) is 0 Å². The van der Waals surface area contributed by atoms with E-state index < -0.39 is 0 Å². The van der Waals surface area contributed by atoms with Crippen molar-refractivity contribution >= 4 is 5.78 Å². The van der Waals surface area contributed by atoms with Gasteiger partial charge in [0.2, 0.25) is 0 Å². The van der Waals surface area contributed by atoms with Gasteiger partial charge in [-0.2, -0.15) is 0 Å². The van der Waals surface area contributed by atoms with Crippen LogP contribution in [-0.2, 0) is 4.79 Å². The molecule has 3 nitrogen and oxygen atoms in total. The zero-order valence-corrected chi connectivity index (χ0v) is 10.1. The highest BCUT2D eigenvalue weighted by atomic mass is 16.1. The molecule has 15 heavy (non-hydrogen) atoms. The minimum atomic E-state index is 0.458. The molecule has 0 aromatic heterocycles. The second-order valence-corrected chi connectivity index (χ2v) is 5.25. The summed E-state index contributed by atoms with van der Waals surface area (Å²) in [5.74, 6) is 0.458. The monoisotopic (exact) mass is 210 g/mol. The molecule has 0 aromatic rings. The zero-order valence-electron chi connectivity index (χ0n) is 10.1. The first-order valence-corrected chi connectivity index (χ1v) is 6.05. The van der Waals surface area contributed by atoms with E-state index >= 15 is 0 Å². The predicted molar refractivity (Wildman–Crippen MR) is 60.9 cm³/mol. The van der Waals surface area contributed by atoms with E-state index in [4.69, 9.17) is 0 Å². The molecule has 86 valence electrons. The summed E-state index contributed by atoms with van der Waals surface area (Å²) in [5, 5.41) is 0. The molecule has 1 saturated heterocycles. The molecular weight excluding hydrogens is 188 g/mol. The van der Waals surface area contributed by atoms with Gasteiger partial charge in [-0.3, -0.25) is 14.6 Å². The summed E-state index contributed by atoms with van der Waals surface area (Å²) < 4.78 is 0. The first-order valence-electron chi connectivity index (χ1n) is 6.05. The molecule has 1 aliphatic carbocycles. The summed E-state index contributed by atoms with van der Waals surface area (Å²) in [5.41, 5.74) is 0. The van der Waals surface area contributed by atoms with Crippen molar-refractivity contribution in [2.24, 2.45) is 0 Å². The maximum absolute atomic E-state index is 11.3. The van der Waals surface area contributed by atoms with Crippen LogP contribution in [0, 0.1) is 0 Å². The SMILES string of the molecule is CC1CN(C2CCC(=O)C2)CC(C)N1C. The van der Waals surface area contributed by atoms with Crippen LogP contribution < -0.4 is 0 Å². The molecule has 1 saturated carbocycles. The lowest BCUT2D eigenvalue weighted by molar-refractivity contribution is -0.117. The highest BCUT2D eigenvalue weighted by Crippen LogP contribution is 2.24. The van der Waals surface area contributed by atoms with Crippen molar-refractivity contribution in [1.82, 2.24) is 9.80 Å². The fraction of sp³-hybridized carbons (Fsp3) is 0.917. The summed E-state index contributed by atoms with van der Waals surface area (Å²) in [6.45, 7) is 6.80. The average molecular weight is 210 g/mol. The molecule has 0 aromatic carbocycles. The highest BCUT2D eigenvalue weighted by molar-refractivity contribution is 5.81. The topological polar surface area (TPSA) is 23.6 Å². The Kier molecular flexibility index (Phi) is 3.12. The number of likely N-dealkylation sites (N-methyl/N-ethyl adjacent to an activating group) is 1. The van der Waals surface area contributed by atoms with Gasteiger partial charge in [0.15, 0.2) is 0 Å². The van der Waals surface area contributed by atoms with Crippen LogP contribution in [0.15, 0.2) is 0 Å². The van der Waals surface area contributed by atoms with E-state index in [2.05, 4.69) is 30.7 Å². The van der Waals surface area contributed by atoms with Crippen LogP contribution in [0.25, 0.3) is 0 Å². The molecule has 3 atom stereocenters. The van der Waals surface area contributed by atoms with Gasteiger partial charge in [0, 0.05) is 44.1 Å². The standard InChI is InChI=1S/C12H22N2O/c1-9-7-14(8-10(2)13(9)3)11-4-5-12(15)6-11/h9-11H,4-8H2,1-3H3. The molecule has 1 heterocycles.